The van der Waals surface area contributed by atoms with Crippen molar-refractivity contribution in [1.29, 1.82) is 0 Å². The molecular formula is C12H16FNO. The smallest absolute Gasteiger partial charge is 0.123 e. The number of hydrogen-bond donors (Lipinski definition) is 1. The van der Waals surface area contributed by atoms with Crippen LogP contribution >= 0.6 is 0 Å². The minimum Gasteiger partial charge on any atom is -0.376 e. The molecule has 0 amide bonds. The first-order valence-corrected chi connectivity index (χ1v) is 5.31. The van der Waals surface area contributed by atoms with E-state index < -0.39 is 0 Å². The van der Waals surface area contributed by atoms with Gasteiger partial charge in [-0.05, 0) is 43.0 Å². The van der Waals surface area contributed by atoms with Crippen LogP contribution in [0.15, 0.2) is 18.2 Å². The Bertz CT molecular complexity index is 327. The van der Waals surface area contributed by atoms with Gasteiger partial charge >= 0.3 is 0 Å². The topological polar surface area (TPSA) is 35.2 Å². The van der Waals surface area contributed by atoms with Crippen molar-refractivity contribution in [3.05, 3.63) is 35.1 Å². The third kappa shape index (κ3) is 2.36. The van der Waals surface area contributed by atoms with Crippen molar-refractivity contribution in [2.24, 2.45) is 5.73 Å². The molecule has 1 aromatic carbocycles. The van der Waals surface area contributed by atoms with E-state index in [2.05, 4.69) is 0 Å². The summed E-state index contributed by atoms with van der Waals surface area (Å²) in [7, 11) is 0. The molecule has 1 aliphatic heterocycles. The summed E-state index contributed by atoms with van der Waals surface area (Å²) < 4.78 is 18.7. The molecule has 1 heterocycles. The Morgan fingerprint density at radius 1 is 1.47 bits per heavy atom. The Kier molecular flexibility index (Phi) is 3.03. The zero-order valence-electron chi connectivity index (χ0n) is 8.87. The lowest BCUT2D eigenvalue weighted by atomic mass is 9.98. The van der Waals surface area contributed by atoms with Crippen LogP contribution in [-0.4, -0.2) is 12.7 Å². The molecule has 2 nitrogen and oxygen atoms in total. The summed E-state index contributed by atoms with van der Waals surface area (Å²) in [5.41, 5.74) is 7.78. The molecule has 2 N–H and O–H groups in total. The Labute approximate surface area is 89.2 Å². The van der Waals surface area contributed by atoms with Gasteiger partial charge in [0.15, 0.2) is 0 Å². The predicted molar refractivity (Wildman–Crippen MR) is 57.0 cm³/mol. The number of ether oxygens (including phenoxy) is 1. The van der Waals surface area contributed by atoms with Crippen molar-refractivity contribution in [3.8, 4) is 0 Å². The molecule has 0 aromatic heterocycles. The molecule has 0 saturated carbocycles. The second-order valence-electron chi connectivity index (χ2n) is 4.14. The quantitative estimate of drug-likeness (QED) is 0.811. The van der Waals surface area contributed by atoms with Crippen LogP contribution in [0.3, 0.4) is 0 Å². The lowest BCUT2D eigenvalue weighted by Crippen LogP contribution is -2.25. The maximum absolute atomic E-state index is 13.2. The van der Waals surface area contributed by atoms with E-state index in [1.165, 1.54) is 12.1 Å². The SMILES string of the molecule is Cc1cc(F)cc(C(N)C2CCCO2)c1. The highest BCUT2D eigenvalue weighted by molar-refractivity contribution is 5.26. The van der Waals surface area contributed by atoms with Gasteiger partial charge in [-0.25, -0.2) is 4.39 Å². The molecule has 1 aliphatic rings. The molecule has 1 fully saturated rings. The van der Waals surface area contributed by atoms with Crippen LogP contribution in [0.5, 0.6) is 0 Å². The van der Waals surface area contributed by atoms with Crippen molar-refractivity contribution < 1.29 is 9.13 Å². The fourth-order valence-electron chi connectivity index (χ4n) is 2.06. The standard InChI is InChI=1S/C12H16FNO/c1-8-5-9(7-10(13)6-8)12(14)11-3-2-4-15-11/h5-7,11-12H,2-4,14H2,1H3. The summed E-state index contributed by atoms with van der Waals surface area (Å²) in [5.74, 6) is -0.224. The average Bonchev–Trinajstić information content (AvgIpc) is 2.67. The molecular weight excluding hydrogens is 193 g/mol. The Balaban J connectivity index is 2.20. The van der Waals surface area contributed by atoms with Crippen molar-refractivity contribution in [2.75, 3.05) is 6.61 Å². The lowest BCUT2D eigenvalue weighted by molar-refractivity contribution is 0.0899. The van der Waals surface area contributed by atoms with Gasteiger partial charge in [-0.15, -0.1) is 0 Å². The van der Waals surface area contributed by atoms with Crippen LogP contribution in [0.4, 0.5) is 4.39 Å². The Morgan fingerprint density at radius 3 is 2.87 bits per heavy atom. The normalized spacial score (nSPS) is 23.0. The first-order chi connectivity index (χ1) is 7.16. The van der Waals surface area contributed by atoms with Gasteiger partial charge in [0.2, 0.25) is 0 Å². The minimum atomic E-state index is -0.224. The summed E-state index contributed by atoms with van der Waals surface area (Å²) >= 11 is 0. The van der Waals surface area contributed by atoms with Gasteiger partial charge in [0.05, 0.1) is 12.1 Å². The molecule has 2 unspecified atom stereocenters. The summed E-state index contributed by atoms with van der Waals surface area (Å²) in [6.07, 6.45) is 2.06. The summed E-state index contributed by atoms with van der Waals surface area (Å²) in [4.78, 5) is 0. The van der Waals surface area contributed by atoms with Gasteiger partial charge in [0.1, 0.15) is 5.82 Å². The van der Waals surface area contributed by atoms with E-state index in [-0.39, 0.29) is 18.0 Å². The first kappa shape index (κ1) is 10.6. The monoisotopic (exact) mass is 209 g/mol. The van der Waals surface area contributed by atoms with Gasteiger partial charge in [-0.1, -0.05) is 6.07 Å². The highest BCUT2D eigenvalue weighted by Crippen LogP contribution is 2.25. The second kappa shape index (κ2) is 4.29. The first-order valence-electron chi connectivity index (χ1n) is 5.31. The largest absolute Gasteiger partial charge is 0.376 e. The molecule has 3 heteroatoms. The van der Waals surface area contributed by atoms with E-state index in [9.17, 15) is 4.39 Å². The molecule has 2 rings (SSSR count). The van der Waals surface area contributed by atoms with Crippen molar-refractivity contribution >= 4 is 0 Å². The van der Waals surface area contributed by atoms with E-state index in [0.29, 0.717) is 0 Å². The van der Waals surface area contributed by atoms with Gasteiger partial charge in [-0.2, -0.15) is 0 Å². The van der Waals surface area contributed by atoms with Gasteiger partial charge in [-0.3, -0.25) is 0 Å². The van der Waals surface area contributed by atoms with E-state index in [4.69, 9.17) is 10.5 Å². The van der Waals surface area contributed by atoms with E-state index in [0.717, 1.165) is 30.6 Å². The van der Waals surface area contributed by atoms with E-state index in [1.54, 1.807) is 0 Å². The minimum absolute atomic E-state index is 0.0474. The van der Waals surface area contributed by atoms with Gasteiger partial charge < -0.3 is 10.5 Å². The number of rotatable bonds is 2. The molecule has 82 valence electrons. The molecule has 1 saturated heterocycles. The van der Waals surface area contributed by atoms with Crippen LogP contribution in [0.2, 0.25) is 0 Å². The van der Waals surface area contributed by atoms with Crippen LogP contribution < -0.4 is 5.73 Å². The van der Waals surface area contributed by atoms with Crippen molar-refractivity contribution in [2.45, 2.75) is 31.9 Å². The molecule has 15 heavy (non-hydrogen) atoms. The lowest BCUT2D eigenvalue weighted by Gasteiger charge is -2.19. The van der Waals surface area contributed by atoms with Gasteiger partial charge in [0, 0.05) is 6.61 Å². The highest BCUT2D eigenvalue weighted by atomic mass is 19.1. The third-order valence-electron chi connectivity index (χ3n) is 2.81. The number of hydrogen-bond acceptors (Lipinski definition) is 2. The molecule has 0 radical (unpaired) electrons. The number of benzene rings is 1. The molecule has 0 spiro atoms. The number of halogens is 1. The summed E-state index contributed by atoms with van der Waals surface area (Å²) in [5, 5.41) is 0. The molecule has 2 atom stereocenters. The summed E-state index contributed by atoms with van der Waals surface area (Å²) in [6, 6.07) is 4.72. The Morgan fingerprint density at radius 2 is 2.27 bits per heavy atom. The molecule has 0 bridgehead atoms. The van der Waals surface area contributed by atoms with E-state index in [1.807, 2.05) is 13.0 Å². The van der Waals surface area contributed by atoms with Crippen LogP contribution in [0, 0.1) is 12.7 Å². The number of aryl methyl sites for hydroxylation is 1. The van der Waals surface area contributed by atoms with Crippen LogP contribution in [0.1, 0.15) is 30.0 Å². The average molecular weight is 209 g/mol. The van der Waals surface area contributed by atoms with E-state index >= 15 is 0 Å². The maximum Gasteiger partial charge on any atom is 0.123 e. The molecule has 0 aliphatic carbocycles. The van der Waals surface area contributed by atoms with Crippen molar-refractivity contribution in [3.63, 3.8) is 0 Å². The summed E-state index contributed by atoms with van der Waals surface area (Å²) in [6.45, 7) is 2.64. The zero-order chi connectivity index (χ0) is 10.8. The predicted octanol–water partition coefficient (Wildman–Crippen LogP) is 2.31. The highest BCUT2D eigenvalue weighted by Gasteiger charge is 2.24. The van der Waals surface area contributed by atoms with Crippen LogP contribution in [0.25, 0.3) is 0 Å². The molecule has 1 aromatic rings. The maximum atomic E-state index is 13.2. The number of nitrogens with two attached hydrogens (primary N) is 1. The third-order valence-corrected chi connectivity index (χ3v) is 2.81. The van der Waals surface area contributed by atoms with Gasteiger partial charge in [0.25, 0.3) is 0 Å². The fourth-order valence-corrected chi connectivity index (χ4v) is 2.06. The van der Waals surface area contributed by atoms with Crippen LogP contribution in [-0.2, 0) is 4.74 Å². The second-order valence-corrected chi connectivity index (χ2v) is 4.14. The fraction of sp³-hybridized carbons (Fsp3) is 0.500. The van der Waals surface area contributed by atoms with Crippen molar-refractivity contribution in [1.82, 2.24) is 0 Å². The Hall–Kier alpha value is -0.930. The zero-order valence-corrected chi connectivity index (χ0v) is 8.87.